The van der Waals surface area contributed by atoms with Crippen molar-refractivity contribution in [2.45, 2.75) is 46.6 Å². The summed E-state index contributed by atoms with van der Waals surface area (Å²) in [7, 11) is 1.76. The van der Waals surface area contributed by atoms with Crippen LogP contribution in [-0.2, 0) is 4.74 Å². The zero-order chi connectivity index (χ0) is 10.3. The maximum absolute atomic E-state index is 4.99. The van der Waals surface area contributed by atoms with Gasteiger partial charge in [0.05, 0.1) is 0 Å². The van der Waals surface area contributed by atoms with Crippen molar-refractivity contribution in [2.75, 3.05) is 20.3 Å². The lowest BCUT2D eigenvalue weighted by atomic mass is 9.88. The second-order valence-corrected chi connectivity index (χ2v) is 4.74. The summed E-state index contributed by atoms with van der Waals surface area (Å²) in [5.74, 6) is 0. The third kappa shape index (κ3) is 7.03. The maximum Gasteiger partial charge on any atom is 0.0462 e. The summed E-state index contributed by atoms with van der Waals surface area (Å²) in [6.45, 7) is 11.0. The summed E-state index contributed by atoms with van der Waals surface area (Å²) >= 11 is 0. The summed E-state index contributed by atoms with van der Waals surface area (Å²) in [6.07, 6.45) is 2.36. The van der Waals surface area contributed by atoms with Gasteiger partial charge in [0.2, 0.25) is 0 Å². The van der Waals surface area contributed by atoms with Crippen LogP contribution in [0.5, 0.6) is 0 Å². The molecule has 2 nitrogen and oxygen atoms in total. The van der Waals surface area contributed by atoms with Crippen LogP contribution in [0, 0.1) is 5.41 Å². The van der Waals surface area contributed by atoms with Gasteiger partial charge in [-0.2, -0.15) is 0 Å². The number of hydrogen-bond acceptors (Lipinski definition) is 2. The molecule has 0 saturated heterocycles. The molecular weight excluding hydrogens is 162 g/mol. The third-order valence-corrected chi connectivity index (χ3v) is 2.52. The first kappa shape index (κ1) is 12.9. The molecule has 1 N–H and O–H groups in total. The van der Waals surface area contributed by atoms with E-state index in [0.29, 0.717) is 11.5 Å². The number of rotatable bonds is 6. The lowest BCUT2D eigenvalue weighted by Crippen LogP contribution is -2.38. The standard InChI is InChI=1S/C11H25NO/c1-10(11(2,3)4)12-8-6-7-9-13-5/h10,12H,6-9H2,1-5H3. The molecule has 0 fully saturated rings. The van der Waals surface area contributed by atoms with Gasteiger partial charge in [0.15, 0.2) is 0 Å². The smallest absolute Gasteiger partial charge is 0.0462 e. The lowest BCUT2D eigenvalue weighted by Gasteiger charge is -2.28. The fraction of sp³-hybridized carbons (Fsp3) is 1.00. The van der Waals surface area contributed by atoms with Crippen molar-refractivity contribution in [3.05, 3.63) is 0 Å². The molecule has 80 valence electrons. The SMILES string of the molecule is COCCCCNC(C)C(C)(C)C. The van der Waals surface area contributed by atoms with E-state index >= 15 is 0 Å². The van der Waals surface area contributed by atoms with Crippen molar-refractivity contribution in [3.63, 3.8) is 0 Å². The normalized spacial score (nSPS) is 14.5. The molecule has 0 aliphatic carbocycles. The molecule has 0 bridgehead atoms. The van der Waals surface area contributed by atoms with Crippen LogP contribution in [0.4, 0.5) is 0 Å². The van der Waals surface area contributed by atoms with Gasteiger partial charge in [0, 0.05) is 19.8 Å². The maximum atomic E-state index is 4.99. The van der Waals surface area contributed by atoms with Crippen LogP contribution in [0.3, 0.4) is 0 Å². The molecule has 0 aliphatic rings. The minimum absolute atomic E-state index is 0.362. The van der Waals surface area contributed by atoms with E-state index in [1.54, 1.807) is 7.11 Å². The first-order valence-corrected chi connectivity index (χ1v) is 5.21. The first-order chi connectivity index (χ1) is 5.98. The molecule has 0 aromatic carbocycles. The Morgan fingerprint density at radius 3 is 2.31 bits per heavy atom. The highest BCUT2D eigenvalue weighted by molar-refractivity contribution is 4.75. The number of unbranched alkanes of at least 4 members (excludes halogenated alkanes) is 1. The highest BCUT2D eigenvalue weighted by Crippen LogP contribution is 2.18. The van der Waals surface area contributed by atoms with Crippen LogP contribution in [-0.4, -0.2) is 26.3 Å². The molecule has 0 aromatic rings. The minimum atomic E-state index is 0.362. The van der Waals surface area contributed by atoms with E-state index in [-0.39, 0.29) is 0 Å². The largest absolute Gasteiger partial charge is 0.385 e. The predicted molar refractivity (Wildman–Crippen MR) is 58.0 cm³/mol. The van der Waals surface area contributed by atoms with Gasteiger partial charge in [0.1, 0.15) is 0 Å². The predicted octanol–water partition coefficient (Wildman–Crippen LogP) is 2.44. The summed E-state index contributed by atoms with van der Waals surface area (Å²) in [6, 6.07) is 0.579. The molecule has 0 heterocycles. The zero-order valence-electron chi connectivity index (χ0n) is 9.81. The molecule has 13 heavy (non-hydrogen) atoms. The molecule has 0 saturated carbocycles. The average molecular weight is 187 g/mol. The van der Waals surface area contributed by atoms with Gasteiger partial charge >= 0.3 is 0 Å². The van der Waals surface area contributed by atoms with Gasteiger partial charge in [-0.15, -0.1) is 0 Å². The Bertz CT molecular complexity index is 118. The number of nitrogens with one attached hydrogen (secondary N) is 1. The molecule has 0 aliphatic heterocycles. The monoisotopic (exact) mass is 187 g/mol. The van der Waals surface area contributed by atoms with Crippen molar-refractivity contribution < 1.29 is 4.74 Å². The Morgan fingerprint density at radius 2 is 1.85 bits per heavy atom. The van der Waals surface area contributed by atoms with E-state index in [4.69, 9.17) is 4.74 Å². The highest BCUT2D eigenvalue weighted by Gasteiger charge is 2.18. The summed E-state index contributed by atoms with van der Waals surface area (Å²) in [5.41, 5.74) is 0.362. The lowest BCUT2D eigenvalue weighted by molar-refractivity contribution is 0.191. The Hall–Kier alpha value is -0.0800. The molecule has 2 heteroatoms. The fourth-order valence-corrected chi connectivity index (χ4v) is 0.996. The average Bonchev–Trinajstić information content (AvgIpc) is 2.02. The van der Waals surface area contributed by atoms with E-state index < -0.39 is 0 Å². The number of ether oxygens (including phenoxy) is 1. The van der Waals surface area contributed by atoms with E-state index in [0.717, 1.165) is 19.6 Å². The molecule has 0 spiro atoms. The topological polar surface area (TPSA) is 21.3 Å². The molecule has 0 aromatic heterocycles. The van der Waals surface area contributed by atoms with Crippen molar-refractivity contribution in [1.82, 2.24) is 5.32 Å². The van der Waals surface area contributed by atoms with Crippen LogP contribution in [0.2, 0.25) is 0 Å². The third-order valence-electron chi connectivity index (χ3n) is 2.52. The Kier molecular flexibility index (Phi) is 6.35. The molecule has 0 amide bonds. The van der Waals surface area contributed by atoms with E-state index in [1.165, 1.54) is 6.42 Å². The van der Waals surface area contributed by atoms with Gasteiger partial charge in [0.25, 0.3) is 0 Å². The fourth-order valence-electron chi connectivity index (χ4n) is 0.996. The van der Waals surface area contributed by atoms with Crippen LogP contribution in [0.25, 0.3) is 0 Å². The van der Waals surface area contributed by atoms with Gasteiger partial charge in [-0.1, -0.05) is 20.8 Å². The molecule has 0 rings (SSSR count). The highest BCUT2D eigenvalue weighted by atomic mass is 16.5. The Labute approximate surface area is 83.1 Å². The Morgan fingerprint density at radius 1 is 1.23 bits per heavy atom. The van der Waals surface area contributed by atoms with Crippen LogP contribution < -0.4 is 5.32 Å². The number of methoxy groups -OCH3 is 1. The van der Waals surface area contributed by atoms with E-state index in [2.05, 4.69) is 33.0 Å². The van der Waals surface area contributed by atoms with Crippen molar-refractivity contribution in [2.24, 2.45) is 5.41 Å². The second-order valence-electron chi connectivity index (χ2n) is 4.74. The van der Waals surface area contributed by atoms with Crippen molar-refractivity contribution >= 4 is 0 Å². The van der Waals surface area contributed by atoms with Gasteiger partial charge < -0.3 is 10.1 Å². The first-order valence-electron chi connectivity index (χ1n) is 5.21. The van der Waals surface area contributed by atoms with Gasteiger partial charge in [-0.25, -0.2) is 0 Å². The minimum Gasteiger partial charge on any atom is -0.385 e. The van der Waals surface area contributed by atoms with Crippen LogP contribution in [0.1, 0.15) is 40.5 Å². The summed E-state index contributed by atoms with van der Waals surface area (Å²) < 4.78 is 4.99. The number of hydrogen-bond donors (Lipinski definition) is 1. The Balaban J connectivity index is 3.32. The molecule has 0 radical (unpaired) electrons. The molecule has 1 unspecified atom stereocenters. The van der Waals surface area contributed by atoms with Crippen molar-refractivity contribution in [1.29, 1.82) is 0 Å². The summed E-state index contributed by atoms with van der Waals surface area (Å²) in [5, 5.41) is 3.53. The van der Waals surface area contributed by atoms with Crippen molar-refractivity contribution in [3.8, 4) is 0 Å². The quantitative estimate of drug-likeness (QED) is 0.645. The van der Waals surface area contributed by atoms with E-state index in [1.807, 2.05) is 0 Å². The van der Waals surface area contributed by atoms with E-state index in [9.17, 15) is 0 Å². The second kappa shape index (κ2) is 6.39. The zero-order valence-corrected chi connectivity index (χ0v) is 9.81. The molecular formula is C11H25NO. The van der Waals surface area contributed by atoms with Crippen LogP contribution in [0.15, 0.2) is 0 Å². The van der Waals surface area contributed by atoms with Crippen LogP contribution >= 0.6 is 0 Å². The van der Waals surface area contributed by atoms with Gasteiger partial charge in [-0.3, -0.25) is 0 Å². The summed E-state index contributed by atoms with van der Waals surface area (Å²) in [4.78, 5) is 0. The molecule has 1 atom stereocenters. The van der Waals surface area contributed by atoms with Gasteiger partial charge in [-0.05, 0) is 31.7 Å².